The van der Waals surface area contributed by atoms with Crippen LogP contribution in [0.5, 0.6) is 5.75 Å². The third kappa shape index (κ3) is 2.88. The molecule has 1 heterocycles. The highest BCUT2D eigenvalue weighted by atomic mass is 79.9. The van der Waals surface area contributed by atoms with E-state index in [4.69, 9.17) is 15.2 Å². The summed E-state index contributed by atoms with van der Waals surface area (Å²) in [6, 6.07) is 12.8. The minimum absolute atomic E-state index is 0.0814. The van der Waals surface area contributed by atoms with Crippen molar-refractivity contribution < 1.29 is 14.3 Å². The van der Waals surface area contributed by atoms with E-state index in [0.29, 0.717) is 24.5 Å². The number of hydrogen-bond acceptors (Lipinski definition) is 4. The third-order valence-electron chi connectivity index (χ3n) is 3.45. The van der Waals surface area contributed by atoms with Gasteiger partial charge >= 0.3 is 5.97 Å². The van der Waals surface area contributed by atoms with E-state index in [1.807, 2.05) is 24.3 Å². The van der Waals surface area contributed by atoms with Gasteiger partial charge in [0.25, 0.3) is 0 Å². The zero-order chi connectivity index (χ0) is 14.8. The number of rotatable bonds is 3. The maximum atomic E-state index is 12.0. The number of anilines is 1. The van der Waals surface area contributed by atoms with Crippen LogP contribution in [-0.4, -0.2) is 19.2 Å². The lowest BCUT2D eigenvalue weighted by molar-refractivity contribution is 0.0470. The average Bonchev–Trinajstić information content (AvgIpc) is 2.91. The summed E-state index contributed by atoms with van der Waals surface area (Å²) in [4.78, 5) is 12.0. The largest absolute Gasteiger partial charge is 0.493 e. The second-order valence-electron chi connectivity index (χ2n) is 4.88. The van der Waals surface area contributed by atoms with Crippen LogP contribution in [0.15, 0.2) is 46.9 Å². The number of esters is 1. The Morgan fingerprint density at radius 1 is 1.33 bits per heavy atom. The fraction of sp³-hybridized carbons (Fsp3) is 0.188. The van der Waals surface area contributed by atoms with Crippen molar-refractivity contribution in [3.63, 3.8) is 0 Å². The van der Waals surface area contributed by atoms with Crippen LogP contribution < -0.4 is 10.5 Å². The molecule has 0 radical (unpaired) electrons. The Balaban J connectivity index is 1.66. The van der Waals surface area contributed by atoms with Crippen molar-refractivity contribution in [2.75, 3.05) is 18.9 Å². The molecule has 1 aliphatic heterocycles. The molecule has 0 bridgehead atoms. The van der Waals surface area contributed by atoms with E-state index in [2.05, 4.69) is 15.9 Å². The van der Waals surface area contributed by atoms with Gasteiger partial charge in [0.15, 0.2) is 0 Å². The van der Waals surface area contributed by atoms with Crippen LogP contribution in [0.1, 0.15) is 21.8 Å². The highest BCUT2D eigenvalue weighted by Gasteiger charge is 2.25. The quantitative estimate of drug-likeness (QED) is 0.683. The van der Waals surface area contributed by atoms with Crippen LogP contribution in [0.2, 0.25) is 0 Å². The standard InChI is InChI=1S/C16H14BrNO3/c17-13-6-5-10(7-14(13)18)16(19)21-9-11-8-20-15-4-2-1-3-12(11)15/h1-7,11H,8-9,18H2. The highest BCUT2D eigenvalue weighted by Crippen LogP contribution is 2.33. The number of halogens is 1. The number of nitrogens with two attached hydrogens (primary N) is 1. The summed E-state index contributed by atoms with van der Waals surface area (Å²) >= 11 is 3.30. The van der Waals surface area contributed by atoms with Crippen LogP contribution in [0.3, 0.4) is 0 Å². The normalized spacial score (nSPS) is 16.1. The summed E-state index contributed by atoms with van der Waals surface area (Å²) in [6.45, 7) is 0.834. The van der Waals surface area contributed by atoms with Crippen LogP contribution in [0.4, 0.5) is 5.69 Å². The molecular formula is C16H14BrNO3. The van der Waals surface area contributed by atoms with Gasteiger partial charge in [0, 0.05) is 15.7 Å². The van der Waals surface area contributed by atoms with Gasteiger partial charge in [0.05, 0.1) is 18.1 Å². The molecule has 21 heavy (non-hydrogen) atoms. The molecule has 0 aromatic heterocycles. The van der Waals surface area contributed by atoms with Gasteiger partial charge in [-0.05, 0) is 40.2 Å². The first-order valence-electron chi connectivity index (χ1n) is 6.59. The Bertz CT molecular complexity index is 687. The Morgan fingerprint density at radius 3 is 2.95 bits per heavy atom. The van der Waals surface area contributed by atoms with E-state index in [-0.39, 0.29) is 11.9 Å². The van der Waals surface area contributed by atoms with Gasteiger partial charge in [0.1, 0.15) is 12.4 Å². The SMILES string of the molecule is Nc1cc(C(=O)OCC2COc3ccccc32)ccc1Br. The van der Waals surface area contributed by atoms with E-state index in [9.17, 15) is 4.79 Å². The fourth-order valence-corrected chi connectivity index (χ4v) is 2.54. The van der Waals surface area contributed by atoms with Gasteiger partial charge in [0.2, 0.25) is 0 Å². The molecule has 108 valence electrons. The van der Waals surface area contributed by atoms with Gasteiger partial charge in [-0.3, -0.25) is 0 Å². The molecule has 0 spiro atoms. The number of nitrogen functional groups attached to an aromatic ring is 1. The van der Waals surface area contributed by atoms with Gasteiger partial charge in [-0.1, -0.05) is 18.2 Å². The van der Waals surface area contributed by atoms with Gasteiger partial charge in [-0.2, -0.15) is 0 Å². The van der Waals surface area contributed by atoms with Crippen molar-refractivity contribution in [3.05, 3.63) is 58.1 Å². The van der Waals surface area contributed by atoms with E-state index < -0.39 is 0 Å². The van der Waals surface area contributed by atoms with Crippen LogP contribution in [0, 0.1) is 0 Å². The molecule has 0 saturated carbocycles. The second-order valence-corrected chi connectivity index (χ2v) is 5.73. The maximum Gasteiger partial charge on any atom is 0.338 e. The van der Waals surface area contributed by atoms with E-state index in [0.717, 1.165) is 15.8 Å². The molecule has 2 aromatic carbocycles. The molecular weight excluding hydrogens is 334 g/mol. The number of hydrogen-bond donors (Lipinski definition) is 1. The topological polar surface area (TPSA) is 61.6 Å². The first-order chi connectivity index (χ1) is 10.1. The zero-order valence-corrected chi connectivity index (χ0v) is 12.8. The molecule has 1 unspecified atom stereocenters. The summed E-state index contributed by atoms with van der Waals surface area (Å²) in [5.41, 5.74) is 7.81. The maximum absolute atomic E-state index is 12.0. The van der Waals surface area contributed by atoms with Crippen molar-refractivity contribution in [3.8, 4) is 5.75 Å². The van der Waals surface area contributed by atoms with Gasteiger partial charge in [-0.25, -0.2) is 4.79 Å². The first-order valence-corrected chi connectivity index (χ1v) is 7.38. The Kier molecular flexibility index (Phi) is 3.84. The number of ether oxygens (including phenoxy) is 2. The molecule has 0 aliphatic carbocycles. The summed E-state index contributed by atoms with van der Waals surface area (Å²) in [5, 5.41) is 0. The monoisotopic (exact) mass is 347 g/mol. The fourth-order valence-electron chi connectivity index (χ4n) is 2.30. The van der Waals surface area contributed by atoms with Crippen LogP contribution in [-0.2, 0) is 4.74 Å². The lowest BCUT2D eigenvalue weighted by atomic mass is 10.0. The van der Waals surface area contributed by atoms with Crippen molar-refractivity contribution in [2.24, 2.45) is 0 Å². The minimum atomic E-state index is -0.376. The Morgan fingerprint density at radius 2 is 2.14 bits per heavy atom. The molecule has 1 aliphatic rings. The number of benzene rings is 2. The highest BCUT2D eigenvalue weighted by molar-refractivity contribution is 9.10. The molecule has 2 aromatic rings. The van der Waals surface area contributed by atoms with Crippen LogP contribution in [0.25, 0.3) is 0 Å². The molecule has 0 fully saturated rings. The Labute approximate surface area is 131 Å². The molecule has 4 nitrogen and oxygen atoms in total. The molecule has 1 atom stereocenters. The number of carbonyl (C=O) groups excluding carboxylic acids is 1. The van der Waals surface area contributed by atoms with E-state index in [1.165, 1.54) is 0 Å². The average molecular weight is 348 g/mol. The summed E-state index contributed by atoms with van der Waals surface area (Å²) < 4.78 is 11.7. The number of para-hydroxylation sites is 1. The van der Waals surface area contributed by atoms with Crippen molar-refractivity contribution in [1.82, 2.24) is 0 Å². The van der Waals surface area contributed by atoms with Crippen molar-refractivity contribution >= 4 is 27.6 Å². The molecule has 3 rings (SSSR count). The summed E-state index contributed by atoms with van der Waals surface area (Å²) in [5.74, 6) is 0.572. The smallest absolute Gasteiger partial charge is 0.338 e. The number of fused-ring (bicyclic) bond motifs is 1. The molecule has 0 amide bonds. The van der Waals surface area contributed by atoms with E-state index in [1.54, 1.807) is 18.2 Å². The summed E-state index contributed by atoms with van der Waals surface area (Å²) in [6.07, 6.45) is 0. The second kappa shape index (κ2) is 5.77. The van der Waals surface area contributed by atoms with Crippen molar-refractivity contribution in [1.29, 1.82) is 0 Å². The van der Waals surface area contributed by atoms with Crippen LogP contribution >= 0.6 is 15.9 Å². The molecule has 5 heteroatoms. The molecule has 2 N–H and O–H groups in total. The van der Waals surface area contributed by atoms with Gasteiger partial charge < -0.3 is 15.2 Å². The van der Waals surface area contributed by atoms with Gasteiger partial charge in [-0.15, -0.1) is 0 Å². The summed E-state index contributed by atoms with van der Waals surface area (Å²) in [7, 11) is 0. The lowest BCUT2D eigenvalue weighted by Crippen LogP contribution is -2.14. The minimum Gasteiger partial charge on any atom is -0.493 e. The third-order valence-corrected chi connectivity index (χ3v) is 4.17. The number of carbonyl (C=O) groups is 1. The predicted octanol–water partition coefficient (Wildman–Crippen LogP) is 3.36. The Hall–Kier alpha value is -2.01. The first kappa shape index (κ1) is 13.9. The van der Waals surface area contributed by atoms with E-state index >= 15 is 0 Å². The molecule has 0 saturated heterocycles. The van der Waals surface area contributed by atoms with Crippen molar-refractivity contribution in [2.45, 2.75) is 5.92 Å². The zero-order valence-electron chi connectivity index (χ0n) is 11.2. The lowest BCUT2D eigenvalue weighted by Gasteiger charge is -2.10. The predicted molar refractivity (Wildman–Crippen MR) is 83.5 cm³/mol.